The van der Waals surface area contributed by atoms with Gasteiger partial charge in [0.25, 0.3) is 0 Å². The van der Waals surface area contributed by atoms with Gasteiger partial charge in [-0.2, -0.15) is 0 Å². The predicted octanol–water partition coefficient (Wildman–Crippen LogP) is 6.83. The highest BCUT2D eigenvalue weighted by Gasteiger charge is 2.19. The molecule has 0 saturated heterocycles. The van der Waals surface area contributed by atoms with E-state index in [0.29, 0.717) is 27.5 Å². The summed E-state index contributed by atoms with van der Waals surface area (Å²) < 4.78 is 8.54. The van der Waals surface area contributed by atoms with Crippen molar-refractivity contribution in [3.8, 4) is 17.3 Å². The van der Waals surface area contributed by atoms with Crippen LogP contribution < -0.4 is 5.32 Å². The van der Waals surface area contributed by atoms with Crippen LogP contribution in [0.5, 0.6) is 0 Å². The van der Waals surface area contributed by atoms with Crippen LogP contribution in [0.3, 0.4) is 0 Å². The summed E-state index contributed by atoms with van der Waals surface area (Å²) in [4.78, 5) is 0. The van der Waals surface area contributed by atoms with E-state index in [0.717, 1.165) is 26.0 Å². The van der Waals surface area contributed by atoms with Crippen LogP contribution in [0.15, 0.2) is 81.0 Å². The summed E-state index contributed by atoms with van der Waals surface area (Å²) in [5, 5.41) is 23.5. The Hall–Kier alpha value is -2.66. The van der Waals surface area contributed by atoms with Gasteiger partial charge in [0, 0.05) is 20.9 Å². The topological polar surface area (TPSA) is 81.7 Å². The van der Waals surface area contributed by atoms with Gasteiger partial charge in [-0.1, -0.05) is 50.6 Å². The Morgan fingerprint density at radius 1 is 1.00 bits per heavy atom. The average molecular weight is 546 g/mol. The molecule has 0 aliphatic heterocycles. The first-order chi connectivity index (χ1) is 15.7. The quantitative estimate of drug-likeness (QED) is 0.224. The molecule has 0 amide bonds. The molecule has 0 atom stereocenters. The fourth-order valence-corrected chi connectivity index (χ4v) is 4.99. The molecule has 0 radical (unpaired) electrons. The van der Waals surface area contributed by atoms with Crippen LogP contribution in [0.1, 0.15) is 5.01 Å². The van der Waals surface area contributed by atoms with Crippen LogP contribution in [-0.2, 0) is 5.75 Å². The number of nitrogens with one attached hydrogen (secondary N) is 1. The van der Waals surface area contributed by atoms with Crippen LogP contribution in [0, 0.1) is 0 Å². The number of anilines is 2. The number of thioether (sulfide) groups is 1. The molecule has 5 rings (SSSR count). The monoisotopic (exact) mass is 544 g/mol. The maximum Gasteiger partial charge on any atom is 0.210 e. The third kappa shape index (κ3) is 4.73. The van der Waals surface area contributed by atoms with E-state index in [1.165, 1.54) is 23.1 Å². The lowest BCUT2D eigenvalue weighted by Crippen LogP contribution is -1.99. The fraction of sp³-hybridized carbons (Fsp3) is 0.0476. The van der Waals surface area contributed by atoms with Gasteiger partial charge in [-0.05, 0) is 60.7 Å². The van der Waals surface area contributed by atoms with Gasteiger partial charge < -0.3 is 9.73 Å². The number of hydrogen-bond acceptors (Lipinski definition) is 8. The zero-order valence-electron chi connectivity index (χ0n) is 16.3. The van der Waals surface area contributed by atoms with Crippen molar-refractivity contribution in [3.63, 3.8) is 0 Å². The second-order valence-corrected chi connectivity index (χ2v) is 9.87. The van der Waals surface area contributed by atoms with Crippen molar-refractivity contribution in [1.29, 1.82) is 0 Å². The standard InChI is InChI=1S/C21H14BrClN6OS2/c22-13-3-9-16(10-4-13)29-19(17-2-1-11-30-17)26-28-21(29)31-12-18-25-27-20(32-18)24-15-7-5-14(23)6-8-15/h1-11H,12H2,(H,24,27). The molecule has 160 valence electrons. The van der Waals surface area contributed by atoms with E-state index < -0.39 is 0 Å². The summed E-state index contributed by atoms with van der Waals surface area (Å²) >= 11 is 12.5. The molecule has 0 bridgehead atoms. The highest BCUT2D eigenvalue weighted by molar-refractivity contribution is 9.10. The molecule has 0 spiro atoms. The molecule has 0 unspecified atom stereocenters. The third-order valence-electron chi connectivity index (χ3n) is 4.35. The van der Waals surface area contributed by atoms with Crippen molar-refractivity contribution in [1.82, 2.24) is 25.0 Å². The van der Waals surface area contributed by atoms with Gasteiger partial charge in [-0.15, -0.1) is 20.4 Å². The Bertz CT molecular complexity index is 1320. The molecule has 5 aromatic rings. The first-order valence-electron chi connectivity index (χ1n) is 9.39. The molecule has 11 heteroatoms. The predicted molar refractivity (Wildman–Crippen MR) is 131 cm³/mol. The first kappa shape index (κ1) is 21.2. The fourth-order valence-electron chi connectivity index (χ4n) is 2.90. The summed E-state index contributed by atoms with van der Waals surface area (Å²) in [6, 6.07) is 19.1. The second-order valence-electron chi connectivity index (χ2n) is 6.52. The van der Waals surface area contributed by atoms with Gasteiger partial charge in [-0.3, -0.25) is 4.57 Å². The summed E-state index contributed by atoms with van der Waals surface area (Å²) in [6.07, 6.45) is 1.62. The molecular formula is C21H14BrClN6OS2. The number of nitrogens with zero attached hydrogens (tertiary/aromatic N) is 5. The molecule has 7 nitrogen and oxygen atoms in total. The highest BCUT2D eigenvalue weighted by Crippen LogP contribution is 2.32. The van der Waals surface area contributed by atoms with Crippen molar-refractivity contribution in [2.75, 3.05) is 5.32 Å². The van der Waals surface area contributed by atoms with Crippen LogP contribution in [-0.4, -0.2) is 25.0 Å². The van der Waals surface area contributed by atoms with E-state index in [2.05, 4.69) is 41.6 Å². The highest BCUT2D eigenvalue weighted by atomic mass is 79.9. The van der Waals surface area contributed by atoms with E-state index in [1.807, 2.05) is 65.2 Å². The maximum absolute atomic E-state index is 5.94. The van der Waals surface area contributed by atoms with Crippen molar-refractivity contribution < 1.29 is 4.42 Å². The lowest BCUT2D eigenvalue weighted by atomic mass is 10.3. The van der Waals surface area contributed by atoms with Gasteiger partial charge >= 0.3 is 0 Å². The lowest BCUT2D eigenvalue weighted by Gasteiger charge is -2.08. The average Bonchev–Trinajstić information content (AvgIpc) is 3.55. The lowest BCUT2D eigenvalue weighted by molar-refractivity contribution is 0.575. The number of rotatable bonds is 7. The minimum atomic E-state index is 0.604. The van der Waals surface area contributed by atoms with E-state index in [4.69, 9.17) is 16.0 Å². The smallest absolute Gasteiger partial charge is 0.210 e. The third-order valence-corrected chi connectivity index (χ3v) is 7.09. The minimum Gasteiger partial charge on any atom is -0.461 e. The van der Waals surface area contributed by atoms with Crippen LogP contribution in [0.4, 0.5) is 10.8 Å². The van der Waals surface area contributed by atoms with E-state index >= 15 is 0 Å². The van der Waals surface area contributed by atoms with Crippen molar-refractivity contribution >= 4 is 61.4 Å². The zero-order chi connectivity index (χ0) is 21.9. The number of furan rings is 1. The Balaban J connectivity index is 1.36. The Labute approximate surface area is 205 Å². The summed E-state index contributed by atoms with van der Waals surface area (Å²) in [5.41, 5.74) is 1.84. The largest absolute Gasteiger partial charge is 0.461 e. The van der Waals surface area contributed by atoms with Crippen molar-refractivity contribution in [3.05, 3.63) is 81.4 Å². The van der Waals surface area contributed by atoms with Crippen LogP contribution in [0.2, 0.25) is 5.02 Å². The number of halogens is 2. The van der Waals surface area contributed by atoms with Gasteiger partial charge in [0.05, 0.1) is 12.0 Å². The Morgan fingerprint density at radius 2 is 1.81 bits per heavy atom. The maximum atomic E-state index is 5.94. The zero-order valence-corrected chi connectivity index (χ0v) is 20.2. The summed E-state index contributed by atoms with van der Waals surface area (Å²) in [5.74, 6) is 1.90. The SMILES string of the molecule is Clc1ccc(Nc2nnc(CSc3nnc(-c4ccco4)n3-c3ccc(Br)cc3)s2)cc1. The molecule has 0 fully saturated rings. The molecule has 0 aliphatic rings. The van der Waals surface area contributed by atoms with Gasteiger partial charge in [0.15, 0.2) is 10.9 Å². The molecule has 2 aromatic carbocycles. The number of aromatic nitrogens is 5. The second kappa shape index (κ2) is 9.45. The van der Waals surface area contributed by atoms with E-state index in [1.54, 1.807) is 6.26 Å². The molecule has 1 N–H and O–H groups in total. The molecule has 32 heavy (non-hydrogen) atoms. The van der Waals surface area contributed by atoms with Gasteiger partial charge in [0.2, 0.25) is 11.0 Å². The molecular weight excluding hydrogens is 532 g/mol. The van der Waals surface area contributed by atoms with Gasteiger partial charge in [0.1, 0.15) is 5.01 Å². The van der Waals surface area contributed by atoms with Crippen LogP contribution in [0.25, 0.3) is 17.3 Å². The Kier molecular flexibility index (Phi) is 6.26. The van der Waals surface area contributed by atoms with Crippen LogP contribution >= 0.6 is 50.6 Å². The van der Waals surface area contributed by atoms with Crippen molar-refractivity contribution in [2.45, 2.75) is 10.9 Å². The number of benzene rings is 2. The number of hydrogen-bond donors (Lipinski definition) is 1. The van der Waals surface area contributed by atoms with Crippen molar-refractivity contribution in [2.24, 2.45) is 0 Å². The first-order valence-corrected chi connectivity index (χ1v) is 12.4. The van der Waals surface area contributed by atoms with E-state index in [9.17, 15) is 0 Å². The molecule has 3 aromatic heterocycles. The van der Waals surface area contributed by atoms with Gasteiger partial charge in [-0.25, -0.2) is 0 Å². The van der Waals surface area contributed by atoms with E-state index in [-0.39, 0.29) is 0 Å². The summed E-state index contributed by atoms with van der Waals surface area (Å²) in [7, 11) is 0. The molecule has 0 aliphatic carbocycles. The minimum absolute atomic E-state index is 0.604. The normalized spacial score (nSPS) is 11.1. The Morgan fingerprint density at radius 3 is 2.56 bits per heavy atom. The molecule has 0 saturated carbocycles. The summed E-state index contributed by atoms with van der Waals surface area (Å²) in [6.45, 7) is 0. The molecule has 3 heterocycles.